The number of benzene rings is 1. The molecule has 1 saturated heterocycles. The van der Waals surface area contributed by atoms with Gasteiger partial charge in [-0.25, -0.2) is 32.9 Å². The number of nitrogens with one attached hydrogen (secondary N) is 1. The normalized spacial score (nSPS) is 14.2. The van der Waals surface area contributed by atoms with Gasteiger partial charge >= 0.3 is 12.2 Å². The minimum absolute atomic E-state index is 0.168. The molecule has 1 fully saturated rings. The second-order valence-corrected chi connectivity index (χ2v) is 10.9. The van der Waals surface area contributed by atoms with E-state index in [1.807, 2.05) is 0 Å². The second-order valence-electron chi connectivity index (χ2n) is 8.02. The molecule has 0 atom stereocenters. The van der Waals surface area contributed by atoms with Crippen LogP contribution < -0.4 is 9.79 Å². The van der Waals surface area contributed by atoms with Crippen molar-refractivity contribution in [3.05, 3.63) is 33.9 Å². The first kappa shape index (κ1) is 25.0. The van der Waals surface area contributed by atoms with Crippen LogP contribution in [0.3, 0.4) is 0 Å². The Hall–Kier alpha value is -2.64. The van der Waals surface area contributed by atoms with Gasteiger partial charge in [-0.05, 0) is 39.7 Å². The molecular formula is C19H22ClFN4O6S2. The van der Waals surface area contributed by atoms with Crippen molar-refractivity contribution in [1.29, 1.82) is 0 Å². The van der Waals surface area contributed by atoms with Gasteiger partial charge in [0.15, 0.2) is 5.82 Å². The third kappa shape index (κ3) is 5.84. The van der Waals surface area contributed by atoms with E-state index in [1.165, 1.54) is 15.8 Å². The summed E-state index contributed by atoms with van der Waals surface area (Å²) >= 11 is 7.16. The average molecular weight is 521 g/mol. The van der Waals surface area contributed by atoms with Gasteiger partial charge in [-0.2, -0.15) is 0 Å². The lowest BCUT2D eigenvalue weighted by Gasteiger charge is -2.26. The molecule has 0 saturated carbocycles. The van der Waals surface area contributed by atoms with E-state index >= 15 is 0 Å². The molecule has 0 bridgehead atoms. The van der Waals surface area contributed by atoms with Crippen LogP contribution in [0, 0.1) is 5.82 Å². The maximum Gasteiger partial charge on any atom is 0.434 e. The van der Waals surface area contributed by atoms with Crippen molar-refractivity contribution in [2.24, 2.45) is 0 Å². The highest BCUT2D eigenvalue weighted by Crippen LogP contribution is 2.32. The molecule has 2 heterocycles. The molecule has 3 rings (SSSR count). The van der Waals surface area contributed by atoms with Gasteiger partial charge in [0.1, 0.15) is 16.3 Å². The van der Waals surface area contributed by atoms with Gasteiger partial charge in [-0.3, -0.25) is 0 Å². The summed E-state index contributed by atoms with van der Waals surface area (Å²) in [7, 11) is -4.81. The van der Waals surface area contributed by atoms with Gasteiger partial charge in [0.25, 0.3) is 10.0 Å². The van der Waals surface area contributed by atoms with Gasteiger partial charge in [0.05, 0.1) is 16.2 Å². The number of amides is 2. The van der Waals surface area contributed by atoms with E-state index in [1.54, 1.807) is 20.8 Å². The van der Waals surface area contributed by atoms with E-state index in [0.717, 1.165) is 36.3 Å². The SMILES string of the molecule is CC(C)(C)OC(=O)N(c1cscn1)S(=O)(=O)c1cc(Cl)c(NOC(=O)N2CCCC2)cc1F. The van der Waals surface area contributed by atoms with Crippen molar-refractivity contribution in [2.45, 2.75) is 44.1 Å². The van der Waals surface area contributed by atoms with Gasteiger partial charge in [0, 0.05) is 24.5 Å². The highest BCUT2D eigenvalue weighted by molar-refractivity contribution is 7.93. The third-order valence-corrected chi connectivity index (χ3v) is 6.91. The molecule has 33 heavy (non-hydrogen) atoms. The average Bonchev–Trinajstić information content (AvgIpc) is 3.40. The van der Waals surface area contributed by atoms with E-state index < -0.39 is 38.5 Å². The van der Waals surface area contributed by atoms with E-state index in [9.17, 15) is 22.4 Å². The van der Waals surface area contributed by atoms with E-state index in [4.69, 9.17) is 21.2 Å². The number of likely N-dealkylation sites (tertiary alicyclic amines) is 1. The summed E-state index contributed by atoms with van der Waals surface area (Å²) in [5.41, 5.74) is 2.37. The Morgan fingerprint density at radius 2 is 1.94 bits per heavy atom. The van der Waals surface area contributed by atoms with Crippen LogP contribution in [0.4, 0.5) is 25.5 Å². The van der Waals surface area contributed by atoms with Crippen LogP contribution in [0.1, 0.15) is 33.6 Å². The summed E-state index contributed by atoms with van der Waals surface area (Å²) in [6.07, 6.45) is -0.222. The van der Waals surface area contributed by atoms with E-state index in [2.05, 4.69) is 10.5 Å². The third-order valence-electron chi connectivity index (χ3n) is 4.34. The summed E-state index contributed by atoms with van der Waals surface area (Å²) in [5, 5.41) is 1.04. The van der Waals surface area contributed by atoms with Crippen LogP contribution in [0.2, 0.25) is 5.02 Å². The van der Waals surface area contributed by atoms with E-state index in [-0.39, 0.29) is 20.8 Å². The quantitative estimate of drug-likeness (QED) is 0.567. The van der Waals surface area contributed by atoms with Crippen LogP contribution in [-0.2, 0) is 19.6 Å². The molecule has 180 valence electrons. The van der Waals surface area contributed by atoms with Crippen molar-refractivity contribution in [3.8, 4) is 0 Å². The number of nitrogens with zero attached hydrogens (tertiary/aromatic N) is 3. The van der Waals surface area contributed by atoms with Crippen LogP contribution in [0.25, 0.3) is 0 Å². The Balaban J connectivity index is 1.90. The zero-order valence-corrected chi connectivity index (χ0v) is 20.4. The highest BCUT2D eigenvalue weighted by Gasteiger charge is 2.38. The zero-order valence-electron chi connectivity index (χ0n) is 18.0. The fraction of sp³-hybridized carbons (Fsp3) is 0.421. The fourth-order valence-electron chi connectivity index (χ4n) is 2.89. The number of halogens is 2. The fourth-order valence-corrected chi connectivity index (χ4v) is 5.09. The predicted molar refractivity (Wildman–Crippen MR) is 120 cm³/mol. The molecular weight excluding hydrogens is 499 g/mol. The topological polar surface area (TPSA) is 118 Å². The number of hydrogen-bond donors (Lipinski definition) is 1. The first-order valence-electron chi connectivity index (χ1n) is 9.77. The summed E-state index contributed by atoms with van der Waals surface area (Å²) in [6, 6.07) is 1.56. The minimum atomic E-state index is -4.81. The number of sulfonamides is 1. The number of thiazole rings is 1. The second kappa shape index (κ2) is 9.69. The number of hydrogen-bond acceptors (Lipinski definition) is 9. The zero-order chi connectivity index (χ0) is 24.4. The van der Waals surface area contributed by atoms with Crippen molar-refractivity contribution in [1.82, 2.24) is 9.88 Å². The minimum Gasteiger partial charge on any atom is -0.443 e. The predicted octanol–water partition coefficient (Wildman–Crippen LogP) is 4.63. The van der Waals surface area contributed by atoms with Crippen molar-refractivity contribution < 1.29 is 32.0 Å². The molecule has 0 unspecified atom stereocenters. The van der Waals surface area contributed by atoms with Crippen LogP contribution in [0.5, 0.6) is 0 Å². The first-order valence-corrected chi connectivity index (χ1v) is 12.5. The lowest BCUT2D eigenvalue weighted by molar-refractivity contribution is 0.0608. The molecule has 1 aromatic carbocycles. The van der Waals surface area contributed by atoms with Crippen LogP contribution >= 0.6 is 22.9 Å². The summed E-state index contributed by atoms with van der Waals surface area (Å²) in [5.74, 6) is -1.49. The van der Waals surface area contributed by atoms with Gasteiger partial charge < -0.3 is 14.5 Å². The number of aromatic nitrogens is 1. The first-order chi connectivity index (χ1) is 15.4. The van der Waals surface area contributed by atoms with Gasteiger partial charge in [-0.15, -0.1) is 15.6 Å². The smallest absolute Gasteiger partial charge is 0.434 e. The molecule has 1 aliphatic rings. The van der Waals surface area contributed by atoms with Gasteiger partial charge in [-0.1, -0.05) is 11.6 Å². The Morgan fingerprint density at radius 1 is 1.27 bits per heavy atom. The molecule has 1 aliphatic heterocycles. The van der Waals surface area contributed by atoms with Gasteiger partial charge in [0.2, 0.25) is 0 Å². The number of rotatable bonds is 5. The molecule has 10 nitrogen and oxygen atoms in total. The number of anilines is 2. The lowest BCUT2D eigenvalue weighted by Crippen LogP contribution is -2.41. The Bertz CT molecular complexity index is 1130. The number of carbonyl (C=O) groups excluding carboxylic acids is 2. The highest BCUT2D eigenvalue weighted by atomic mass is 35.5. The molecule has 0 radical (unpaired) electrons. The molecule has 2 amide bonds. The maximum absolute atomic E-state index is 14.9. The largest absolute Gasteiger partial charge is 0.443 e. The Morgan fingerprint density at radius 3 is 2.52 bits per heavy atom. The molecule has 0 aliphatic carbocycles. The summed E-state index contributed by atoms with van der Waals surface area (Å²) in [6.45, 7) is 5.74. The van der Waals surface area contributed by atoms with Crippen LogP contribution in [-0.4, -0.2) is 49.2 Å². The Labute approximate surface area is 199 Å². The maximum atomic E-state index is 14.9. The van der Waals surface area contributed by atoms with Crippen molar-refractivity contribution >= 4 is 56.7 Å². The van der Waals surface area contributed by atoms with Crippen molar-refractivity contribution in [2.75, 3.05) is 22.9 Å². The molecule has 1 N–H and O–H groups in total. The summed E-state index contributed by atoms with van der Waals surface area (Å²) in [4.78, 5) is 34.0. The standard InChI is InChI=1S/C19H22ClFN4O6S2/c1-19(2,3)30-18(27)25(16-10-32-11-22-16)33(28,29)15-8-12(20)14(9-13(15)21)23-31-17(26)24-6-4-5-7-24/h8-11,23H,4-7H2,1-3H3. The molecule has 0 spiro atoms. The van der Waals surface area contributed by atoms with Crippen molar-refractivity contribution in [3.63, 3.8) is 0 Å². The van der Waals surface area contributed by atoms with E-state index in [0.29, 0.717) is 13.1 Å². The molecule has 2 aromatic rings. The summed E-state index contributed by atoms with van der Waals surface area (Å²) < 4.78 is 46.9. The molecule has 1 aromatic heterocycles. The lowest BCUT2D eigenvalue weighted by atomic mass is 10.2. The monoisotopic (exact) mass is 520 g/mol. The number of carbonyl (C=O) groups is 2. The number of ether oxygens (including phenoxy) is 1. The Kier molecular flexibility index (Phi) is 7.34. The van der Waals surface area contributed by atoms with Crippen LogP contribution in [0.15, 0.2) is 27.9 Å². The molecule has 14 heteroatoms.